The average molecular weight is 126 g/mol. The molecule has 1 heterocycles. The summed E-state index contributed by atoms with van der Waals surface area (Å²) in [7, 11) is 0. The first-order chi connectivity index (χ1) is 4.20. The molecule has 2 atom stereocenters. The van der Waals surface area contributed by atoms with E-state index in [2.05, 4.69) is 20.4 Å². The number of hydrogen-bond acceptors (Lipinski definition) is 1. The van der Waals surface area contributed by atoms with Crippen molar-refractivity contribution in [3.05, 3.63) is 12.2 Å². The number of ether oxygens (including phenoxy) is 1. The lowest BCUT2D eigenvalue weighted by Crippen LogP contribution is -2.25. The molecule has 0 saturated carbocycles. The van der Waals surface area contributed by atoms with Crippen LogP contribution >= 0.6 is 0 Å². The van der Waals surface area contributed by atoms with E-state index in [-0.39, 0.29) is 0 Å². The molecule has 0 aromatic carbocycles. The second kappa shape index (κ2) is 2.53. The average Bonchev–Trinajstić information content (AvgIpc) is 1.80. The molecule has 0 spiro atoms. The van der Waals surface area contributed by atoms with Gasteiger partial charge in [-0.25, -0.2) is 0 Å². The van der Waals surface area contributed by atoms with E-state index in [9.17, 15) is 0 Å². The Bertz CT molecular complexity index is 118. The van der Waals surface area contributed by atoms with Crippen LogP contribution in [0.1, 0.15) is 20.3 Å². The number of hydrogen-bond donors (Lipinski definition) is 0. The van der Waals surface area contributed by atoms with Crippen molar-refractivity contribution >= 4 is 0 Å². The van der Waals surface area contributed by atoms with E-state index in [0.717, 1.165) is 13.0 Å². The Morgan fingerprint density at radius 3 is 2.67 bits per heavy atom. The molecule has 0 aromatic heterocycles. The smallest absolute Gasteiger partial charge is 0.0678 e. The Morgan fingerprint density at radius 2 is 2.22 bits per heavy atom. The van der Waals surface area contributed by atoms with E-state index in [1.54, 1.807) is 0 Å². The molecule has 1 rings (SSSR count). The van der Waals surface area contributed by atoms with Gasteiger partial charge in [0.1, 0.15) is 0 Å². The summed E-state index contributed by atoms with van der Waals surface area (Å²) in [4.78, 5) is 0. The largest absolute Gasteiger partial charge is 0.374 e. The van der Waals surface area contributed by atoms with Gasteiger partial charge in [-0.3, -0.25) is 0 Å². The van der Waals surface area contributed by atoms with Crippen molar-refractivity contribution in [1.82, 2.24) is 0 Å². The van der Waals surface area contributed by atoms with Gasteiger partial charge in [-0.1, -0.05) is 19.1 Å². The summed E-state index contributed by atoms with van der Waals surface area (Å²) in [6, 6.07) is 0. The monoisotopic (exact) mass is 126 g/mol. The molecule has 1 nitrogen and oxygen atoms in total. The number of rotatable bonds is 0. The Kier molecular flexibility index (Phi) is 1.91. The molecule has 52 valence electrons. The third-order valence-electron chi connectivity index (χ3n) is 1.96. The molecule has 1 aliphatic rings. The minimum Gasteiger partial charge on any atom is -0.374 e. The van der Waals surface area contributed by atoms with Gasteiger partial charge in [0.2, 0.25) is 0 Å². The van der Waals surface area contributed by atoms with E-state index >= 15 is 0 Å². The van der Waals surface area contributed by atoms with Gasteiger partial charge < -0.3 is 4.74 Å². The molecule has 1 saturated heterocycles. The zero-order valence-corrected chi connectivity index (χ0v) is 6.18. The van der Waals surface area contributed by atoms with Gasteiger partial charge >= 0.3 is 0 Å². The Hall–Kier alpha value is -0.300. The van der Waals surface area contributed by atoms with Crippen LogP contribution in [0, 0.1) is 5.92 Å². The fraction of sp³-hybridized carbons (Fsp3) is 0.750. The minimum absolute atomic E-state index is 0.426. The summed E-state index contributed by atoms with van der Waals surface area (Å²) >= 11 is 0. The highest BCUT2D eigenvalue weighted by molar-refractivity contribution is 4.99. The van der Waals surface area contributed by atoms with Crippen molar-refractivity contribution in [3.63, 3.8) is 0 Å². The van der Waals surface area contributed by atoms with Gasteiger partial charge in [0, 0.05) is 0 Å². The van der Waals surface area contributed by atoms with Gasteiger partial charge in [0.15, 0.2) is 0 Å². The quantitative estimate of drug-likeness (QED) is 0.451. The summed E-state index contributed by atoms with van der Waals surface area (Å²) in [5.41, 5.74) is 1.24. The SMILES string of the molecule is C=C1COC(C)C(C)C1. The molecule has 1 heteroatoms. The van der Waals surface area contributed by atoms with Crippen molar-refractivity contribution in [2.75, 3.05) is 6.61 Å². The normalized spacial score (nSPS) is 36.9. The first-order valence-electron chi connectivity index (χ1n) is 3.48. The molecule has 0 N–H and O–H groups in total. The second-order valence-electron chi connectivity index (χ2n) is 2.95. The van der Waals surface area contributed by atoms with Gasteiger partial charge in [-0.05, 0) is 19.3 Å². The first-order valence-corrected chi connectivity index (χ1v) is 3.48. The van der Waals surface area contributed by atoms with Crippen molar-refractivity contribution in [1.29, 1.82) is 0 Å². The van der Waals surface area contributed by atoms with Crippen LogP contribution in [0.15, 0.2) is 12.2 Å². The van der Waals surface area contributed by atoms with Crippen LogP contribution in [0.4, 0.5) is 0 Å². The molecular weight excluding hydrogens is 112 g/mol. The van der Waals surface area contributed by atoms with Gasteiger partial charge in [-0.2, -0.15) is 0 Å². The van der Waals surface area contributed by atoms with Crippen LogP contribution in [0.25, 0.3) is 0 Å². The Balaban J connectivity index is 2.44. The van der Waals surface area contributed by atoms with Crippen LogP contribution in [-0.2, 0) is 4.74 Å². The molecule has 0 aliphatic carbocycles. The lowest BCUT2D eigenvalue weighted by Gasteiger charge is -2.27. The summed E-state index contributed by atoms with van der Waals surface area (Å²) in [6.07, 6.45) is 1.57. The topological polar surface area (TPSA) is 9.23 Å². The van der Waals surface area contributed by atoms with E-state index in [1.807, 2.05) is 0 Å². The van der Waals surface area contributed by atoms with E-state index in [1.165, 1.54) is 5.57 Å². The van der Waals surface area contributed by atoms with Crippen LogP contribution in [-0.4, -0.2) is 12.7 Å². The van der Waals surface area contributed by atoms with E-state index in [4.69, 9.17) is 4.74 Å². The maximum Gasteiger partial charge on any atom is 0.0678 e. The van der Waals surface area contributed by atoms with Gasteiger partial charge in [-0.15, -0.1) is 0 Å². The van der Waals surface area contributed by atoms with E-state index in [0.29, 0.717) is 12.0 Å². The highest BCUT2D eigenvalue weighted by Crippen LogP contribution is 2.22. The maximum absolute atomic E-state index is 5.40. The summed E-state index contributed by atoms with van der Waals surface area (Å²) < 4.78 is 5.40. The molecule has 0 bridgehead atoms. The lowest BCUT2D eigenvalue weighted by atomic mass is 9.95. The fourth-order valence-electron chi connectivity index (χ4n) is 1.09. The molecule has 2 unspecified atom stereocenters. The maximum atomic E-state index is 5.40. The zero-order chi connectivity index (χ0) is 6.85. The predicted octanol–water partition coefficient (Wildman–Crippen LogP) is 1.99. The third kappa shape index (κ3) is 1.55. The minimum atomic E-state index is 0.426. The van der Waals surface area contributed by atoms with Crippen molar-refractivity contribution in [3.8, 4) is 0 Å². The summed E-state index contributed by atoms with van der Waals surface area (Å²) in [5.74, 6) is 0.659. The highest BCUT2D eigenvalue weighted by atomic mass is 16.5. The standard InChI is InChI=1S/C8H14O/c1-6-4-7(2)8(3)9-5-6/h7-8H,1,4-5H2,2-3H3. The predicted molar refractivity (Wildman–Crippen MR) is 38.3 cm³/mol. The molecule has 0 amide bonds. The van der Waals surface area contributed by atoms with Crippen molar-refractivity contribution in [2.45, 2.75) is 26.4 Å². The van der Waals surface area contributed by atoms with E-state index < -0.39 is 0 Å². The second-order valence-corrected chi connectivity index (χ2v) is 2.95. The summed E-state index contributed by atoms with van der Waals surface area (Å²) in [5, 5.41) is 0. The van der Waals surface area contributed by atoms with Gasteiger partial charge in [0.05, 0.1) is 12.7 Å². The van der Waals surface area contributed by atoms with Crippen molar-refractivity contribution < 1.29 is 4.74 Å². The first kappa shape index (κ1) is 6.81. The van der Waals surface area contributed by atoms with Gasteiger partial charge in [0.25, 0.3) is 0 Å². The lowest BCUT2D eigenvalue weighted by molar-refractivity contribution is 0.0198. The third-order valence-corrected chi connectivity index (χ3v) is 1.96. The molecule has 0 aromatic rings. The molecule has 1 aliphatic heterocycles. The van der Waals surface area contributed by atoms with Crippen LogP contribution in [0.3, 0.4) is 0 Å². The highest BCUT2D eigenvalue weighted by Gasteiger charge is 2.18. The Labute approximate surface area is 56.7 Å². The summed E-state index contributed by atoms with van der Waals surface area (Å²) in [6.45, 7) is 8.97. The van der Waals surface area contributed by atoms with Crippen molar-refractivity contribution in [2.24, 2.45) is 5.92 Å². The molecule has 9 heavy (non-hydrogen) atoms. The zero-order valence-electron chi connectivity index (χ0n) is 6.18. The van der Waals surface area contributed by atoms with Crippen LogP contribution in [0.5, 0.6) is 0 Å². The fourth-order valence-corrected chi connectivity index (χ4v) is 1.09. The van der Waals surface area contributed by atoms with Crippen LogP contribution < -0.4 is 0 Å². The van der Waals surface area contributed by atoms with Crippen LogP contribution in [0.2, 0.25) is 0 Å². The molecule has 1 fully saturated rings. The Morgan fingerprint density at radius 1 is 1.56 bits per heavy atom. The molecular formula is C8H14O. The molecule has 0 radical (unpaired) electrons.